The van der Waals surface area contributed by atoms with Crippen molar-refractivity contribution in [2.24, 2.45) is 5.41 Å². The van der Waals surface area contributed by atoms with Gasteiger partial charge in [-0.25, -0.2) is 0 Å². The number of carbonyl (C=O) groups is 2. The number of ether oxygens (including phenoxy) is 1. The number of esters is 1. The molecule has 0 radical (unpaired) electrons. The van der Waals surface area contributed by atoms with Crippen LogP contribution >= 0.6 is 0 Å². The van der Waals surface area contributed by atoms with Crippen LogP contribution in [0.5, 0.6) is 0 Å². The summed E-state index contributed by atoms with van der Waals surface area (Å²) >= 11 is 0. The molecule has 17 heavy (non-hydrogen) atoms. The second-order valence-electron chi connectivity index (χ2n) is 4.69. The van der Waals surface area contributed by atoms with Crippen molar-refractivity contribution in [2.45, 2.75) is 66.2 Å². The lowest BCUT2D eigenvalue weighted by Gasteiger charge is -2.28. The summed E-state index contributed by atoms with van der Waals surface area (Å²) in [6, 6.07) is 0. The van der Waals surface area contributed by atoms with Crippen molar-refractivity contribution in [3.05, 3.63) is 0 Å². The zero-order valence-corrected chi connectivity index (χ0v) is 11.7. The lowest BCUT2D eigenvalue weighted by Crippen LogP contribution is -2.27. The fourth-order valence-corrected chi connectivity index (χ4v) is 2.24. The first-order valence-corrected chi connectivity index (χ1v) is 6.63. The molecule has 0 amide bonds. The van der Waals surface area contributed by atoms with Gasteiger partial charge in [-0.1, -0.05) is 26.7 Å². The largest absolute Gasteiger partial charge is 0.466 e. The summed E-state index contributed by atoms with van der Waals surface area (Å²) in [5, 5.41) is 0. The van der Waals surface area contributed by atoms with Gasteiger partial charge in [0.15, 0.2) is 0 Å². The van der Waals surface area contributed by atoms with E-state index in [0.29, 0.717) is 12.4 Å². The molecule has 0 aromatic carbocycles. The molecule has 0 spiro atoms. The standard InChI is InChI=1S/C14H26O3/c1-5-14(6-2,12(3)15)10-8-7-9-11-17-13(4)16/h5-11H2,1-4H3. The molecular formula is C14H26O3. The van der Waals surface area contributed by atoms with E-state index in [1.165, 1.54) is 6.92 Å². The number of unbranched alkanes of at least 4 members (excludes halogenated alkanes) is 2. The van der Waals surface area contributed by atoms with Crippen LogP contribution in [0.25, 0.3) is 0 Å². The van der Waals surface area contributed by atoms with Crippen molar-refractivity contribution in [2.75, 3.05) is 6.61 Å². The molecule has 100 valence electrons. The molecule has 0 atom stereocenters. The Balaban J connectivity index is 3.84. The summed E-state index contributed by atoms with van der Waals surface area (Å²) in [4.78, 5) is 22.2. The number of carbonyl (C=O) groups excluding carboxylic acids is 2. The Hall–Kier alpha value is -0.860. The Labute approximate surface area is 105 Å². The molecule has 0 unspecified atom stereocenters. The van der Waals surface area contributed by atoms with Crippen LogP contribution in [-0.4, -0.2) is 18.4 Å². The SMILES string of the molecule is CCC(CC)(CCCCCOC(C)=O)C(C)=O. The first kappa shape index (κ1) is 16.1. The predicted molar refractivity (Wildman–Crippen MR) is 68.8 cm³/mol. The van der Waals surface area contributed by atoms with Crippen LogP contribution in [0.15, 0.2) is 0 Å². The Morgan fingerprint density at radius 2 is 1.59 bits per heavy atom. The van der Waals surface area contributed by atoms with Crippen LogP contribution in [0.3, 0.4) is 0 Å². The summed E-state index contributed by atoms with van der Waals surface area (Å²) in [6.45, 7) is 7.80. The molecule has 0 aromatic heterocycles. The highest BCUT2D eigenvalue weighted by Crippen LogP contribution is 2.33. The first-order valence-electron chi connectivity index (χ1n) is 6.63. The highest BCUT2D eigenvalue weighted by molar-refractivity contribution is 5.82. The van der Waals surface area contributed by atoms with Gasteiger partial charge in [-0.3, -0.25) is 9.59 Å². The van der Waals surface area contributed by atoms with Crippen molar-refractivity contribution in [1.82, 2.24) is 0 Å². The third-order valence-corrected chi connectivity index (χ3v) is 3.71. The maximum atomic E-state index is 11.7. The van der Waals surface area contributed by atoms with Gasteiger partial charge in [-0.2, -0.15) is 0 Å². The van der Waals surface area contributed by atoms with Gasteiger partial charge in [-0.15, -0.1) is 0 Å². The molecule has 0 bridgehead atoms. The Morgan fingerprint density at radius 1 is 1.00 bits per heavy atom. The molecule has 3 nitrogen and oxygen atoms in total. The number of hydrogen-bond acceptors (Lipinski definition) is 3. The molecule has 0 aromatic rings. The highest BCUT2D eigenvalue weighted by Gasteiger charge is 2.30. The van der Waals surface area contributed by atoms with E-state index in [4.69, 9.17) is 4.74 Å². The molecule has 0 aliphatic rings. The summed E-state index contributed by atoms with van der Waals surface area (Å²) in [6.07, 6.45) is 5.73. The average Bonchev–Trinajstić information content (AvgIpc) is 2.28. The van der Waals surface area contributed by atoms with Gasteiger partial charge in [0.1, 0.15) is 5.78 Å². The van der Waals surface area contributed by atoms with E-state index in [1.54, 1.807) is 6.92 Å². The smallest absolute Gasteiger partial charge is 0.302 e. The Kier molecular flexibility index (Phi) is 7.85. The second-order valence-corrected chi connectivity index (χ2v) is 4.69. The maximum absolute atomic E-state index is 11.7. The van der Waals surface area contributed by atoms with E-state index in [-0.39, 0.29) is 11.4 Å². The quantitative estimate of drug-likeness (QED) is 0.459. The fraction of sp³-hybridized carbons (Fsp3) is 0.857. The minimum atomic E-state index is -0.217. The van der Waals surface area contributed by atoms with Crippen LogP contribution in [0.2, 0.25) is 0 Å². The minimum Gasteiger partial charge on any atom is -0.466 e. The molecular weight excluding hydrogens is 216 g/mol. The van der Waals surface area contributed by atoms with E-state index in [0.717, 1.165) is 38.5 Å². The lowest BCUT2D eigenvalue weighted by atomic mass is 9.75. The van der Waals surface area contributed by atoms with Crippen molar-refractivity contribution in [3.63, 3.8) is 0 Å². The maximum Gasteiger partial charge on any atom is 0.302 e. The molecule has 0 N–H and O–H groups in total. The van der Waals surface area contributed by atoms with Gasteiger partial charge < -0.3 is 4.74 Å². The Morgan fingerprint density at radius 3 is 2.00 bits per heavy atom. The van der Waals surface area contributed by atoms with E-state index < -0.39 is 0 Å². The van der Waals surface area contributed by atoms with Crippen LogP contribution in [0.4, 0.5) is 0 Å². The molecule has 3 heteroatoms. The molecule has 0 rings (SSSR count). The molecule has 0 aliphatic heterocycles. The number of ketones is 1. The lowest BCUT2D eigenvalue weighted by molar-refractivity contribution is -0.141. The third-order valence-electron chi connectivity index (χ3n) is 3.71. The van der Waals surface area contributed by atoms with Crippen molar-refractivity contribution in [1.29, 1.82) is 0 Å². The molecule has 0 saturated carbocycles. The third kappa shape index (κ3) is 5.85. The highest BCUT2D eigenvalue weighted by atomic mass is 16.5. The summed E-state index contributed by atoms with van der Waals surface area (Å²) in [7, 11) is 0. The minimum absolute atomic E-state index is 0.124. The van der Waals surface area contributed by atoms with Crippen molar-refractivity contribution >= 4 is 11.8 Å². The summed E-state index contributed by atoms with van der Waals surface area (Å²) in [5.41, 5.74) is -0.124. The van der Waals surface area contributed by atoms with Crippen LogP contribution in [0, 0.1) is 5.41 Å². The number of rotatable bonds is 9. The van der Waals surface area contributed by atoms with Crippen LogP contribution in [-0.2, 0) is 14.3 Å². The summed E-state index contributed by atoms with van der Waals surface area (Å²) in [5.74, 6) is 0.0904. The zero-order chi connectivity index (χ0) is 13.3. The van der Waals surface area contributed by atoms with Gasteiger partial charge in [0, 0.05) is 12.3 Å². The molecule has 0 fully saturated rings. The van der Waals surface area contributed by atoms with Crippen LogP contribution in [0.1, 0.15) is 66.2 Å². The van der Waals surface area contributed by atoms with Crippen molar-refractivity contribution in [3.8, 4) is 0 Å². The predicted octanol–water partition coefficient (Wildman–Crippen LogP) is 3.51. The van der Waals surface area contributed by atoms with Gasteiger partial charge in [-0.05, 0) is 32.6 Å². The first-order chi connectivity index (χ1) is 7.98. The van der Waals surface area contributed by atoms with Crippen LogP contribution < -0.4 is 0 Å². The fourth-order valence-electron chi connectivity index (χ4n) is 2.24. The van der Waals surface area contributed by atoms with Gasteiger partial charge in [0.2, 0.25) is 0 Å². The van der Waals surface area contributed by atoms with Gasteiger partial charge >= 0.3 is 5.97 Å². The number of hydrogen-bond donors (Lipinski definition) is 0. The molecule has 0 saturated heterocycles. The van der Waals surface area contributed by atoms with Crippen molar-refractivity contribution < 1.29 is 14.3 Å². The van der Waals surface area contributed by atoms with E-state index in [1.807, 2.05) is 0 Å². The molecule has 0 heterocycles. The zero-order valence-electron chi connectivity index (χ0n) is 11.7. The molecule has 0 aliphatic carbocycles. The summed E-state index contributed by atoms with van der Waals surface area (Å²) < 4.78 is 4.87. The average molecular weight is 242 g/mol. The van der Waals surface area contributed by atoms with E-state index in [9.17, 15) is 9.59 Å². The normalized spacial score (nSPS) is 11.3. The number of Topliss-reactive ketones (excluding diaryl/α,β-unsaturated/α-hetero) is 1. The Bertz CT molecular complexity index is 242. The topological polar surface area (TPSA) is 43.4 Å². The van der Waals surface area contributed by atoms with E-state index in [2.05, 4.69) is 13.8 Å². The van der Waals surface area contributed by atoms with Gasteiger partial charge in [0.05, 0.1) is 6.61 Å². The van der Waals surface area contributed by atoms with E-state index >= 15 is 0 Å². The van der Waals surface area contributed by atoms with Gasteiger partial charge in [0.25, 0.3) is 0 Å². The second kappa shape index (κ2) is 8.26. The monoisotopic (exact) mass is 242 g/mol.